The normalized spacial score (nSPS) is 21.9. The van der Waals surface area contributed by atoms with Crippen molar-refractivity contribution in [2.24, 2.45) is 5.73 Å². The monoisotopic (exact) mass is 237 g/mol. The van der Waals surface area contributed by atoms with Crippen molar-refractivity contribution < 1.29 is 4.52 Å². The molecular formula is C13H23N3O. The molecule has 17 heavy (non-hydrogen) atoms. The summed E-state index contributed by atoms with van der Waals surface area (Å²) >= 11 is 0. The molecule has 0 bridgehead atoms. The molecule has 1 unspecified atom stereocenters. The van der Waals surface area contributed by atoms with Gasteiger partial charge in [-0.2, -0.15) is 0 Å². The largest absolute Gasteiger partial charge is 0.360 e. The van der Waals surface area contributed by atoms with Crippen molar-refractivity contribution in [2.45, 2.75) is 58.2 Å². The molecule has 2 N–H and O–H groups in total. The third-order valence-electron chi connectivity index (χ3n) is 3.55. The summed E-state index contributed by atoms with van der Waals surface area (Å²) in [6.07, 6.45) is 6.54. The Labute approximate surface area is 103 Å². The molecule has 1 aliphatic heterocycles. The maximum absolute atomic E-state index is 5.54. The van der Waals surface area contributed by atoms with Gasteiger partial charge in [-0.1, -0.05) is 24.9 Å². The number of hydrogen-bond acceptors (Lipinski definition) is 4. The van der Waals surface area contributed by atoms with Gasteiger partial charge in [-0.25, -0.2) is 0 Å². The molecule has 96 valence electrons. The Morgan fingerprint density at radius 3 is 3.12 bits per heavy atom. The average Bonchev–Trinajstić information content (AvgIpc) is 2.80. The van der Waals surface area contributed by atoms with Gasteiger partial charge < -0.3 is 10.3 Å². The van der Waals surface area contributed by atoms with E-state index in [1.165, 1.54) is 38.6 Å². The van der Waals surface area contributed by atoms with E-state index in [2.05, 4.69) is 17.0 Å². The Bertz CT molecular complexity index is 335. The van der Waals surface area contributed by atoms with Crippen molar-refractivity contribution in [1.29, 1.82) is 0 Å². The highest BCUT2D eigenvalue weighted by atomic mass is 16.5. The minimum atomic E-state index is 0.460. The van der Waals surface area contributed by atoms with Crippen LogP contribution in [0.5, 0.6) is 0 Å². The second-order valence-corrected chi connectivity index (χ2v) is 4.90. The number of piperidine rings is 1. The fraction of sp³-hybridized carbons (Fsp3) is 0.769. The van der Waals surface area contributed by atoms with Crippen molar-refractivity contribution >= 4 is 0 Å². The van der Waals surface area contributed by atoms with Gasteiger partial charge in [0.05, 0.1) is 12.2 Å². The van der Waals surface area contributed by atoms with E-state index in [-0.39, 0.29) is 0 Å². The number of nitrogens with two attached hydrogens (primary N) is 1. The van der Waals surface area contributed by atoms with E-state index in [4.69, 9.17) is 10.3 Å². The smallest absolute Gasteiger partial charge is 0.151 e. The average molecular weight is 237 g/mol. The van der Waals surface area contributed by atoms with Gasteiger partial charge in [0.25, 0.3) is 0 Å². The van der Waals surface area contributed by atoms with Crippen molar-refractivity contribution in [3.63, 3.8) is 0 Å². The van der Waals surface area contributed by atoms with Crippen molar-refractivity contribution in [2.75, 3.05) is 6.54 Å². The Morgan fingerprint density at radius 1 is 1.53 bits per heavy atom. The van der Waals surface area contributed by atoms with Gasteiger partial charge in [0.2, 0.25) is 0 Å². The van der Waals surface area contributed by atoms with Crippen molar-refractivity contribution in [3.8, 4) is 0 Å². The first-order valence-electron chi connectivity index (χ1n) is 6.72. The Morgan fingerprint density at radius 2 is 2.41 bits per heavy atom. The van der Waals surface area contributed by atoms with Crippen molar-refractivity contribution in [1.82, 2.24) is 10.1 Å². The Balaban J connectivity index is 1.95. The molecular weight excluding hydrogens is 214 g/mol. The van der Waals surface area contributed by atoms with Crippen LogP contribution in [0.2, 0.25) is 0 Å². The maximum Gasteiger partial charge on any atom is 0.151 e. The molecule has 1 fully saturated rings. The zero-order chi connectivity index (χ0) is 12.1. The quantitative estimate of drug-likeness (QED) is 0.853. The van der Waals surface area contributed by atoms with Crippen LogP contribution in [0.15, 0.2) is 10.6 Å². The first kappa shape index (κ1) is 12.6. The number of nitrogens with zero attached hydrogens (tertiary/aromatic N) is 2. The van der Waals surface area contributed by atoms with Crippen LogP contribution in [-0.4, -0.2) is 22.6 Å². The first-order chi connectivity index (χ1) is 8.33. The van der Waals surface area contributed by atoms with Crippen LogP contribution in [0.4, 0.5) is 0 Å². The summed E-state index contributed by atoms with van der Waals surface area (Å²) in [5.41, 5.74) is 6.39. The molecule has 1 aromatic rings. The summed E-state index contributed by atoms with van der Waals surface area (Å²) in [6.45, 7) is 4.79. The summed E-state index contributed by atoms with van der Waals surface area (Å²) in [7, 11) is 0. The summed E-state index contributed by atoms with van der Waals surface area (Å²) in [5, 5.41) is 3.94. The molecule has 1 saturated heterocycles. The minimum Gasteiger partial charge on any atom is -0.360 e. The molecule has 1 atom stereocenters. The number of aromatic nitrogens is 1. The molecule has 0 aromatic carbocycles. The molecule has 4 heteroatoms. The first-order valence-corrected chi connectivity index (χ1v) is 6.72. The van der Waals surface area contributed by atoms with E-state index in [9.17, 15) is 0 Å². The molecule has 2 rings (SSSR count). The lowest BCUT2D eigenvalue weighted by Gasteiger charge is -2.34. The van der Waals surface area contributed by atoms with Crippen LogP contribution in [0.1, 0.15) is 50.5 Å². The van der Waals surface area contributed by atoms with Gasteiger partial charge in [0, 0.05) is 18.7 Å². The maximum atomic E-state index is 5.54. The molecule has 0 aliphatic carbocycles. The highest BCUT2D eigenvalue weighted by molar-refractivity contribution is 5.05. The number of likely N-dealkylation sites (tertiary alicyclic amines) is 1. The number of hydrogen-bond donors (Lipinski definition) is 1. The molecule has 2 heterocycles. The molecule has 0 saturated carbocycles. The van der Waals surface area contributed by atoms with Gasteiger partial charge in [-0.05, 0) is 25.8 Å². The van der Waals surface area contributed by atoms with Gasteiger partial charge in [0.1, 0.15) is 0 Å². The van der Waals surface area contributed by atoms with Gasteiger partial charge in [-0.15, -0.1) is 0 Å². The standard InChI is InChI=1S/C13H23N3O/c1-2-5-12-6-3-4-7-16(12)10-13-8-11(9-14)15-17-13/h8,12H,2-7,9-10,14H2,1H3. The predicted molar refractivity (Wildman–Crippen MR) is 67.4 cm³/mol. The molecule has 0 spiro atoms. The van der Waals surface area contributed by atoms with Crippen LogP contribution in [0, 0.1) is 0 Å². The van der Waals surface area contributed by atoms with Crippen molar-refractivity contribution in [3.05, 3.63) is 17.5 Å². The fourth-order valence-electron chi connectivity index (χ4n) is 2.65. The van der Waals surface area contributed by atoms with E-state index >= 15 is 0 Å². The molecule has 4 nitrogen and oxygen atoms in total. The number of rotatable bonds is 5. The highest BCUT2D eigenvalue weighted by Crippen LogP contribution is 2.23. The second kappa shape index (κ2) is 6.17. The third-order valence-corrected chi connectivity index (χ3v) is 3.55. The summed E-state index contributed by atoms with van der Waals surface area (Å²) in [4.78, 5) is 2.54. The second-order valence-electron chi connectivity index (χ2n) is 4.90. The van der Waals surface area contributed by atoms with E-state index in [0.29, 0.717) is 6.54 Å². The summed E-state index contributed by atoms with van der Waals surface area (Å²) in [6, 6.07) is 2.71. The van der Waals surface area contributed by atoms with Crippen LogP contribution in [0.3, 0.4) is 0 Å². The van der Waals surface area contributed by atoms with E-state index in [1.54, 1.807) is 0 Å². The lowest BCUT2D eigenvalue weighted by molar-refractivity contribution is 0.118. The van der Waals surface area contributed by atoms with Crippen LogP contribution in [0.25, 0.3) is 0 Å². The zero-order valence-corrected chi connectivity index (χ0v) is 10.7. The van der Waals surface area contributed by atoms with E-state index in [1.807, 2.05) is 6.07 Å². The Hall–Kier alpha value is -0.870. The third kappa shape index (κ3) is 3.30. The molecule has 1 aliphatic rings. The summed E-state index contributed by atoms with van der Waals surface area (Å²) in [5.74, 6) is 0.952. The van der Waals surface area contributed by atoms with Crippen LogP contribution in [-0.2, 0) is 13.1 Å². The SMILES string of the molecule is CCCC1CCCCN1Cc1cc(CN)no1. The highest BCUT2D eigenvalue weighted by Gasteiger charge is 2.22. The van der Waals surface area contributed by atoms with E-state index in [0.717, 1.165) is 24.0 Å². The minimum absolute atomic E-state index is 0.460. The molecule has 1 aromatic heterocycles. The molecule has 0 radical (unpaired) electrons. The lowest BCUT2D eigenvalue weighted by Crippen LogP contribution is -2.38. The van der Waals surface area contributed by atoms with Gasteiger partial charge >= 0.3 is 0 Å². The van der Waals surface area contributed by atoms with Crippen LogP contribution < -0.4 is 5.73 Å². The zero-order valence-electron chi connectivity index (χ0n) is 10.7. The lowest BCUT2D eigenvalue weighted by atomic mass is 9.98. The predicted octanol–water partition coefficient (Wildman–Crippen LogP) is 2.29. The van der Waals surface area contributed by atoms with Gasteiger partial charge in [0.15, 0.2) is 5.76 Å². The molecule has 0 amide bonds. The van der Waals surface area contributed by atoms with Crippen LogP contribution >= 0.6 is 0 Å². The van der Waals surface area contributed by atoms with Gasteiger partial charge in [-0.3, -0.25) is 4.90 Å². The summed E-state index contributed by atoms with van der Waals surface area (Å²) < 4.78 is 5.31. The Kier molecular flexibility index (Phi) is 4.57. The topological polar surface area (TPSA) is 55.3 Å². The van der Waals surface area contributed by atoms with E-state index < -0.39 is 0 Å². The fourth-order valence-corrected chi connectivity index (χ4v) is 2.65.